The van der Waals surface area contributed by atoms with Gasteiger partial charge in [0.2, 0.25) is 0 Å². The number of nitrogens with two attached hydrogens (primary N) is 1. The predicted octanol–water partition coefficient (Wildman–Crippen LogP) is 3.53. The lowest BCUT2D eigenvalue weighted by molar-refractivity contribution is 0.416. The van der Waals surface area contributed by atoms with Crippen molar-refractivity contribution in [2.45, 2.75) is 0 Å². The van der Waals surface area contributed by atoms with Crippen molar-refractivity contribution >= 4 is 28.6 Å². The highest BCUT2D eigenvalue weighted by Crippen LogP contribution is 2.39. The molecule has 3 nitrogen and oxygen atoms in total. The molecular formula is C12H9ClN2OS. The van der Waals surface area contributed by atoms with Gasteiger partial charge in [-0.1, -0.05) is 11.6 Å². The number of ether oxygens (including phenoxy) is 1. The van der Waals surface area contributed by atoms with Crippen molar-refractivity contribution in [3.05, 3.63) is 34.2 Å². The van der Waals surface area contributed by atoms with Gasteiger partial charge in [0.05, 0.1) is 12.8 Å². The summed E-state index contributed by atoms with van der Waals surface area (Å²) in [5.41, 5.74) is 7.06. The maximum absolute atomic E-state index is 8.88. The molecule has 0 aliphatic rings. The molecule has 2 rings (SSSR count). The van der Waals surface area contributed by atoms with E-state index < -0.39 is 0 Å². The zero-order valence-corrected chi connectivity index (χ0v) is 10.6. The van der Waals surface area contributed by atoms with Gasteiger partial charge in [-0.25, -0.2) is 0 Å². The Bertz CT molecular complexity index is 601. The van der Waals surface area contributed by atoms with Crippen LogP contribution in [-0.2, 0) is 0 Å². The molecule has 5 heteroatoms. The quantitative estimate of drug-likeness (QED) is 0.903. The first-order chi connectivity index (χ1) is 8.15. The van der Waals surface area contributed by atoms with Gasteiger partial charge in [0.25, 0.3) is 0 Å². The van der Waals surface area contributed by atoms with Crippen LogP contribution in [0.2, 0.25) is 5.02 Å². The van der Waals surface area contributed by atoms with Gasteiger partial charge in [-0.2, -0.15) is 5.26 Å². The Morgan fingerprint density at radius 1 is 1.41 bits per heavy atom. The fourth-order valence-corrected chi connectivity index (χ4v) is 2.57. The minimum absolute atomic E-state index is 0.481. The molecule has 1 aromatic carbocycles. The van der Waals surface area contributed by atoms with Crippen LogP contribution in [0.5, 0.6) is 5.75 Å². The van der Waals surface area contributed by atoms with Crippen molar-refractivity contribution in [1.29, 1.82) is 5.26 Å². The van der Waals surface area contributed by atoms with E-state index >= 15 is 0 Å². The summed E-state index contributed by atoms with van der Waals surface area (Å²) >= 11 is 7.28. The molecule has 0 bridgehead atoms. The van der Waals surface area contributed by atoms with E-state index in [0.717, 1.165) is 10.4 Å². The zero-order chi connectivity index (χ0) is 12.4. The molecule has 0 saturated carbocycles. The number of nitrogens with zero attached hydrogens (tertiary/aromatic N) is 1. The summed E-state index contributed by atoms with van der Waals surface area (Å²) in [6, 6.07) is 9.16. The zero-order valence-electron chi connectivity index (χ0n) is 9.03. The normalized spacial score (nSPS) is 9.94. The van der Waals surface area contributed by atoms with Crippen molar-refractivity contribution in [3.63, 3.8) is 0 Å². The number of rotatable bonds is 2. The van der Waals surface area contributed by atoms with E-state index in [1.54, 1.807) is 31.4 Å². The number of benzene rings is 1. The molecular weight excluding hydrogens is 256 g/mol. The molecule has 1 heterocycles. The molecule has 1 aromatic heterocycles. The monoisotopic (exact) mass is 264 g/mol. The number of nitrogen functional groups attached to an aromatic ring is 1. The lowest BCUT2D eigenvalue weighted by atomic mass is 10.1. The van der Waals surface area contributed by atoms with Crippen LogP contribution >= 0.6 is 22.9 Å². The summed E-state index contributed by atoms with van der Waals surface area (Å²) < 4.78 is 5.26. The van der Waals surface area contributed by atoms with E-state index in [1.807, 2.05) is 0 Å². The average Bonchev–Trinajstić information content (AvgIpc) is 2.70. The van der Waals surface area contributed by atoms with E-state index in [0.29, 0.717) is 21.3 Å². The van der Waals surface area contributed by atoms with Crippen molar-refractivity contribution < 1.29 is 4.74 Å². The van der Waals surface area contributed by atoms with Gasteiger partial charge < -0.3 is 10.5 Å². The molecule has 0 unspecified atom stereocenters. The largest absolute Gasteiger partial charge is 0.496 e. The molecule has 0 spiro atoms. The summed E-state index contributed by atoms with van der Waals surface area (Å²) in [5, 5.41) is 9.50. The van der Waals surface area contributed by atoms with Crippen molar-refractivity contribution in [3.8, 4) is 22.3 Å². The van der Waals surface area contributed by atoms with Gasteiger partial charge in [0.15, 0.2) is 0 Å². The van der Waals surface area contributed by atoms with E-state index in [2.05, 4.69) is 6.07 Å². The number of thiophene rings is 1. The van der Waals surface area contributed by atoms with Crippen LogP contribution in [0.1, 0.15) is 4.88 Å². The Morgan fingerprint density at radius 3 is 2.76 bits per heavy atom. The first kappa shape index (κ1) is 11.8. The standard InChI is InChI=1S/C12H9ClN2OS/c1-16-10-3-2-7(13)4-8(10)11-5-9(15)12(6-14)17-11/h2-5H,15H2,1H3. The van der Waals surface area contributed by atoms with Gasteiger partial charge in [-0.15, -0.1) is 11.3 Å². The number of nitriles is 1. The fraction of sp³-hybridized carbons (Fsp3) is 0.0833. The summed E-state index contributed by atoms with van der Waals surface area (Å²) in [4.78, 5) is 1.38. The summed E-state index contributed by atoms with van der Waals surface area (Å²) in [5.74, 6) is 0.708. The summed E-state index contributed by atoms with van der Waals surface area (Å²) in [6.07, 6.45) is 0. The number of anilines is 1. The number of hydrogen-bond donors (Lipinski definition) is 1. The van der Waals surface area contributed by atoms with Gasteiger partial charge in [-0.05, 0) is 24.3 Å². The van der Waals surface area contributed by atoms with Gasteiger partial charge in [0.1, 0.15) is 16.7 Å². The summed E-state index contributed by atoms with van der Waals surface area (Å²) in [7, 11) is 1.59. The number of hydrogen-bond acceptors (Lipinski definition) is 4. The highest BCUT2D eigenvalue weighted by molar-refractivity contribution is 7.16. The van der Waals surface area contributed by atoms with Crippen LogP contribution < -0.4 is 10.5 Å². The molecule has 0 atom stereocenters. The number of halogens is 1. The molecule has 0 fully saturated rings. The SMILES string of the molecule is COc1ccc(Cl)cc1-c1cc(N)c(C#N)s1. The van der Waals surface area contributed by atoms with E-state index in [9.17, 15) is 0 Å². The lowest BCUT2D eigenvalue weighted by Crippen LogP contribution is -1.86. The van der Waals surface area contributed by atoms with E-state index in [1.165, 1.54) is 11.3 Å². The Hall–Kier alpha value is -1.70. The third kappa shape index (κ3) is 2.21. The third-order valence-corrected chi connectivity index (χ3v) is 3.61. The highest BCUT2D eigenvalue weighted by atomic mass is 35.5. The minimum Gasteiger partial charge on any atom is -0.496 e. The average molecular weight is 265 g/mol. The fourth-order valence-electron chi connectivity index (χ4n) is 1.50. The Morgan fingerprint density at radius 2 is 2.18 bits per heavy atom. The Balaban J connectivity index is 2.59. The van der Waals surface area contributed by atoms with Crippen LogP contribution in [-0.4, -0.2) is 7.11 Å². The molecule has 2 N–H and O–H groups in total. The van der Waals surface area contributed by atoms with Crippen LogP contribution in [0.25, 0.3) is 10.4 Å². The number of methoxy groups -OCH3 is 1. The second kappa shape index (κ2) is 4.66. The molecule has 0 amide bonds. The van der Waals surface area contributed by atoms with Gasteiger partial charge in [-0.3, -0.25) is 0 Å². The first-order valence-corrected chi connectivity index (χ1v) is 5.98. The second-order valence-electron chi connectivity index (χ2n) is 3.35. The molecule has 0 saturated heterocycles. The third-order valence-electron chi connectivity index (χ3n) is 2.29. The van der Waals surface area contributed by atoms with Gasteiger partial charge in [0, 0.05) is 15.5 Å². The maximum Gasteiger partial charge on any atom is 0.128 e. The van der Waals surface area contributed by atoms with Crippen molar-refractivity contribution in [1.82, 2.24) is 0 Å². The molecule has 0 aliphatic heterocycles. The smallest absolute Gasteiger partial charge is 0.128 e. The van der Waals surface area contributed by atoms with Crippen LogP contribution in [0.15, 0.2) is 24.3 Å². The lowest BCUT2D eigenvalue weighted by Gasteiger charge is -2.06. The van der Waals surface area contributed by atoms with E-state index in [-0.39, 0.29) is 0 Å². The van der Waals surface area contributed by atoms with Crippen molar-refractivity contribution in [2.24, 2.45) is 0 Å². The van der Waals surface area contributed by atoms with Crippen molar-refractivity contribution in [2.75, 3.05) is 12.8 Å². The van der Waals surface area contributed by atoms with Gasteiger partial charge >= 0.3 is 0 Å². The Kier molecular flexibility index (Phi) is 3.23. The maximum atomic E-state index is 8.88. The molecule has 17 heavy (non-hydrogen) atoms. The molecule has 2 aromatic rings. The van der Waals surface area contributed by atoms with E-state index in [4.69, 9.17) is 27.3 Å². The first-order valence-electron chi connectivity index (χ1n) is 4.79. The topological polar surface area (TPSA) is 59.0 Å². The molecule has 0 radical (unpaired) electrons. The Labute approximate surface area is 108 Å². The highest BCUT2D eigenvalue weighted by Gasteiger charge is 2.12. The second-order valence-corrected chi connectivity index (χ2v) is 4.84. The molecule has 0 aliphatic carbocycles. The van der Waals surface area contributed by atoms with Crippen LogP contribution in [0.4, 0.5) is 5.69 Å². The minimum atomic E-state index is 0.481. The van der Waals surface area contributed by atoms with Crippen LogP contribution in [0.3, 0.4) is 0 Å². The summed E-state index contributed by atoms with van der Waals surface area (Å²) in [6.45, 7) is 0. The molecule has 86 valence electrons. The predicted molar refractivity (Wildman–Crippen MR) is 70.4 cm³/mol. The van der Waals surface area contributed by atoms with Crippen LogP contribution in [0, 0.1) is 11.3 Å².